The van der Waals surface area contributed by atoms with Crippen LogP contribution in [0.4, 0.5) is 13.2 Å². The van der Waals surface area contributed by atoms with Crippen LogP contribution in [-0.4, -0.2) is 19.4 Å². The van der Waals surface area contributed by atoms with Crippen LogP contribution in [-0.2, 0) is 4.74 Å². The smallest absolute Gasteiger partial charge is 0.376 e. The van der Waals surface area contributed by atoms with Crippen LogP contribution in [0, 0.1) is 13.8 Å². The van der Waals surface area contributed by atoms with Crippen LogP contribution in [0.1, 0.15) is 22.6 Å². The zero-order valence-corrected chi connectivity index (χ0v) is 10.6. The molecule has 0 spiro atoms. The van der Waals surface area contributed by atoms with Crippen LogP contribution in [0.15, 0.2) is 30.9 Å². The third-order valence-corrected chi connectivity index (χ3v) is 2.73. The number of hydrogen-bond donors (Lipinski definition) is 0. The highest BCUT2D eigenvalue weighted by atomic mass is 19.4. The van der Waals surface area contributed by atoms with Gasteiger partial charge < -0.3 is 4.74 Å². The molecule has 0 aromatic heterocycles. The Hall–Kier alpha value is -1.29. The van der Waals surface area contributed by atoms with Crippen LogP contribution in [0.25, 0.3) is 0 Å². The lowest BCUT2D eigenvalue weighted by atomic mass is 9.93. The molecule has 1 aromatic carbocycles. The van der Waals surface area contributed by atoms with Gasteiger partial charge in [-0.15, -0.1) is 6.58 Å². The van der Waals surface area contributed by atoms with Crippen LogP contribution < -0.4 is 0 Å². The van der Waals surface area contributed by atoms with E-state index in [0.717, 1.165) is 5.56 Å². The molecule has 1 nitrogen and oxygen atoms in total. The van der Waals surface area contributed by atoms with Gasteiger partial charge in [0.1, 0.15) is 5.92 Å². The third-order valence-electron chi connectivity index (χ3n) is 2.73. The molecule has 0 N–H and O–H groups in total. The highest BCUT2D eigenvalue weighted by Crippen LogP contribution is 2.36. The van der Waals surface area contributed by atoms with E-state index in [0.29, 0.717) is 5.56 Å². The number of halogens is 3. The molecule has 0 aliphatic heterocycles. The fraction of sp³-hybridized carbons (Fsp3) is 0.429. The van der Waals surface area contributed by atoms with E-state index in [9.17, 15) is 13.2 Å². The molecular weight excluding hydrogens is 241 g/mol. The maximum Gasteiger partial charge on any atom is 0.397 e. The van der Waals surface area contributed by atoms with E-state index >= 15 is 0 Å². The lowest BCUT2D eigenvalue weighted by Gasteiger charge is -2.22. The lowest BCUT2D eigenvalue weighted by molar-refractivity contribution is -0.161. The summed E-state index contributed by atoms with van der Waals surface area (Å²) in [6.45, 7) is 6.63. The summed E-state index contributed by atoms with van der Waals surface area (Å²) in [7, 11) is 0. The van der Waals surface area contributed by atoms with Crippen molar-refractivity contribution in [3.63, 3.8) is 0 Å². The largest absolute Gasteiger partial charge is 0.397 e. The minimum atomic E-state index is -4.31. The standard InChI is InChI=1S/C14H17F3O/c1-4-7-18-9-13(14(15,16)17)12-8-10(2)5-6-11(12)3/h4-6,8,13H,1,7,9H2,2-3H3. The molecule has 0 aliphatic carbocycles. The van der Waals surface area contributed by atoms with E-state index in [-0.39, 0.29) is 18.8 Å². The van der Waals surface area contributed by atoms with Crippen molar-refractivity contribution in [2.24, 2.45) is 0 Å². The number of benzene rings is 1. The van der Waals surface area contributed by atoms with Crippen molar-refractivity contribution in [1.29, 1.82) is 0 Å². The molecule has 0 heterocycles. The van der Waals surface area contributed by atoms with Crippen LogP contribution >= 0.6 is 0 Å². The Morgan fingerprint density at radius 1 is 1.33 bits per heavy atom. The molecule has 0 bridgehead atoms. The summed E-state index contributed by atoms with van der Waals surface area (Å²) < 4.78 is 44.1. The molecule has 0 fully saturated rings. The molecule has 1 aromatic rings. The predicted molar refractivity (Wildman–Crippen MR) is 65.7 cm³/mol. The first-order chi connectivity index (χ1) is 8.36. The van der Waals surface area contributed by atoms with Crippen molar-refractivity contribution in [3.05, 3.63) is 47.5 Å². The van der Waals surface area contributed by atoms with E-state index < -0.39 is 12.1 Å². The first-order valence-electron chi connectivity index (χ1n) is 5.68. The van der Waals surface area contributed by atoms with Gasteiger partial charge in [-0.2, -0.15) is 13.2 Å². The van der Waals surface area contributed by atoms with Gasteiger partial charge in [-0.1, -0.05) is 29.8 Å². The summed E-state index contributed by atoms with van der Waals surface area (Å²) in [6.07, 6.45) is -2.86. The summed E-state index contributed by atoms with van der Waals surface area (Å²) in [5.41, 5.74) is 1.73. The summed E-state index contributed by atoms with van der Waals surface area (Å²) in [5, 5.41) is 0. The minimum Gasteiger partial charge on any atom is -0.376 e. The maximum atomic E-state index is 13.0. The minimum absolute atomic E-state index is 0.122. The van der Waals surface area contributed by atoms with Crippen molar-refractivity contribution < 1.29 is 17.9 Å². The van der Waals surface area contributed by atoms with E-state index in [1.54, 1.807) is 32.0 Å². The van der Waals surface area contributed by atoms with Crippen molar-refractivity contribution in [3.8, 4) is 0 Å². The number of ether oxygens (including phenoxy) is 1. The third kappa shape index (κ3) is 3.88. The van der Waals surface area contributed by atoms with Gasteiger partial charge in [-0.05, 0) is 25.0 Å². The summed E-state index contributed by atoms with van der Waals surface area (Å²) in [4.78, 5) is 0. The zero-order chi connectivity index (χ0) is 13.8. The highest BCUT2D eigenvalue weighted by Gasteiger charge is 2.41. The predicted octanol–water partition coefficient (Wildman–Crippen LogP) is 4.15. The molecule has 0 saturated heterocycles. The normalized spacial score (nSPS) is 13.4. The van der Waals surface area contributed by atoms with Gasteiger partial charge >= 0.3 is 6.18 Å². The zero-order valence-electron chi connectivity index (χ0n) is 10.6. The Kier molecular flexibility index (Phi) is 4.96. The molecule has 0 radical (unpaired) electrons. The summed E-state index contributed by atoms with van der Waals surface area (Å²) >= 11 is 0. The van der Waals surface area contributed by atoms with Gasteiger partial charge in [0.15, 0.2) is 0 Å². The van der Waals surface area contributed by atoms with E-state index in [4.69, 9.17) is 4.74 Å². The fourth-order valence-corrected chi connectivity index (χ4v) is 1.77. The quantitative estimate of drug-likeness (QED) is 0.569. The number of hydrogen-bond acceptors (Lipinski definition) is 1. The molecule has 100 valence electrons. The maximum absolute atomic E-state index is 13.0. The molecular formula is C14H17F3O. The average molecular weight is 258 g/mol. The molecule has 1 rings (SSSR count). The summed E-state index contributed by atoms with van der Waals surface area (Å²) in [6, 6.07) is 5.08. The molecule has 0 amide bonds. The first kappa shape index (κ1) is 14.8. The highest BCUT2D eigenvalue weighted by molar-refractivity contribution is 5.34. The summed E-state index contributed by atoms with van der Waals surface area (Å²) in [5.74, 6) is -1.59. The van der Waals surface area contributed by atoms with Crippen molar-refractivity contribution in [2.45, 2.75) is 25.9 Å². The van der Waals surface area contributed by atoms with Gasteiger partial charge in [0, 0.05) is 0 Å². The van der Waals surface area contributed by atoms with Gasteiger partial charge in [0.05, 0.1) is 13.2 Å². The number of aryl methyl sites for hydroxylation is 2. The number of alkyl halides is 3. The topological polar surface area (TPSA) is 9.23 Å². The SMILES string of the molecule is C=CCOCC(c1cc(C)ccc1C)C(F)(F)F. The molecule has 1 atom stereocenters. The van der Waals surface area contributed by atoms with Gasteiger partial charge in [-0.25, -0.2) is 0 Å². The van der Waals surface area contributed by atoms with E-state index in [2.05, 4.69) is 6.58 Å². The molecule has 0 aliphatic rings. The van der Waals surface area contributed by atoms with E-state index in [1.165, 1.54) is 6.08 Å². The van der Waals surface area contributed by atoms with Crippen molar-refractivity contribution >= 4 is 0 Å². The van der Waals surface area contributed by atoms with Gasteiger partial charge in [-0.3, -0.25) is 0 Å². The Morgan fingerprint density at radius 2 is 2.00 bits per heavy atom. The molecule has 4 heteroatoms. The second kappa shape index (κ2) is 6.05. The second-order valence-corrected chi connectivity index (χ2v) is 4.28. The van der Waals surface area contributed by atoms with E-state index in [1.807, 2.05) is 0 Å². The Morgan fingerprint density at radius 3 is 2.56 bits per heavy atom. The van der Waals surface area contributed by atoms with Crippen molar-refractivity contribution in [1.82, 2.24) is 0 Å². The number of rotatable bonds is 5. The van der Waals surface area contributed by atoms with Crippen LogP contribution in [0.2, 0.25) is 0 Å². The molecule has 1 unspecified atom stereocenters. The lowest BCUT2D eigenvalue weighted by Crippen LogP contribution is -2.26. The Bertz CT molecular complexity index is 410. The molecule has 0 saturated carbocycles. The van der Waals surface area contributed by atoms with Crippen LogP contribution in [0.5, 0.6) is 0 Å². The second-order valence-electron chi connectivity index (χ2n) is 4.28. The first-order valence-corrected chi connectivity index (χ1v) is 5.68. The fourth-order valence-electron chi connectivity index (χ4n) is 1.77. The Labute approximate surface area is 105 Å². The average Bonchev–Trinajstić information content (AvgIpc) is 2.27. The van der Waals surface area contributed by atoms with Gasteiger partial charge in [0.25, 0.3) is 0 Å². The molecule has 18 heavy (non-hydrogen) atoms. The monoisotopic (exact) mass is 258 g/mol. The van der Waals surface area contributed by atoms with Crippen molar-refractivity contribution in [2.75, 3.05) is 13.2 Å². The Balaban J connectivity index is 3.01. The van der Waals surface area contributed by atoms with Crippen LogP contribution in [0.3, 0.4) is 0 Å². The van der Waals surface area contributed by atoms with Gasteiger partial charge in [0.2, 0.25) is 0 Å².